The summed E-state index contributed by atoms with van der Waals surface area (Å²) in [6.07, 6.45) is 4.15. The zero-order valence-electron chi connectivity index (χ0n) is 11.5. The molecular formula is C16H20O4. The lowest BCUT2D eigenvalue weighted by Crippen LogP contribution is -2.02. The van der Waals surface area contributed by atoms with Crippen molar-refractivity contribution in [3.63, 3.8) is 0 Å². The number of unbranched alkanes of at least 4 members (excludes halogenated alkanes) is 1. The van der Waals surface area contributed by atoms with Gasteiger partial charge in [0, 0.05) is 11.1 Å². The number of phenols is 1. The first-order chi connectivity index (χ1) is 9.56. The molecule has 0 unspecified atom stereocenters. The molecule has 0 saturated heterocycles. The summed E-state index contributed by atoms with van der Waals surface area (Å²) in [6.45, 7) is 7.53. The van der Waals surface area contributed by atoms with Crippen LogP contribution in [0.4, 0.5) is 0 Å². The van der Waals surface area contributed by atoms with Gasteiger partial charge in [0.2, 0.25) is 0 Å². The van der Waals surface area contributed by atoms with Gasteiger partial charge in [-0.1, -0.05) is 24.8 Å². The number of allylic oxidation sites excluding steroid dienone is 1. The third kappa shape index (κ3) is 4.80. The number of hydrogen-bond donors (Lipinski definition) is 2. The van der Waals surface area contributed by atoms with E-state index in [9.17, 15) is 9.90 Å². The molecule has 0 aliphatic carbocycles. The molecule has 0 bridgehead atoms. The van der Waals surface area contributed by atoms with E-state index in [-0.39, 0.29) is 11.3 Å². The second-order valence-electron chi connectivity index (χ2n) is 4.47. The Morgan fingerprint density at radius 2 is 2.10 bits per heavy atom. The van der Waals surface area contributed by atoms with Crippen LogP contribution in [0.25, 0.3) is 0 Å². The third-order valence-corrected chi connectivity index (χ3v) is 2.88. The maximum absolute atomic E-state index is 10.6. The Balaban J connectivity index is 2.39. The van der Waals surface area contributed by atoms with Gasteiger partial charge in [-0.25, -0.2) is 4.79 Å². The molecule has 0 spiro atoms. The first kappa shape index (κ1) is 15.8. The number of benzene rings is 1. The Bertz CT molecular complexity index is 491. The quantitative estimate of drug-likeness (QED) is 0.412. The SMILES string of the molecule is C=CCc1cccc(OCCCCC(=C)C(=O)O)c1O. The van der Waals surface area contributed by atoms with Gasteiger partial charge >= 0.3 is 5.97 Å². The summed E-state index contributed by atoms with van der Waals surface area (Å²) in [7, 11) is 0. The van der Waals surface area contributed by atoms with E-state index in [1.54, 1.807) is 12.1 Å². The van der Waals surface area contributed by atoms with E-state index in [0.29, 0.717) is 38.0 Å². The molecule has 2 N–H and O–H groups in total. The number of phenolic OH excluding ortho intramolecular Hbond substituents is 1. The lowest BCUT2D eigenvalue weighted by Gasteiger charge is -2.10. The number of aromatic hydroxyl groups is 1. The predicted octanol–water partition coefficient (Wildman–Crippen LogP) is 3.31. The highest BCUT2D eigenvalue weighted by molar-refractivity contribution is 5.85. The predicted molar refractivity (Wildman–Crippen MR) is 78.1 cm³/mol. The molecule has 108 valence electrons. The minimum Gasteiger partial charge on any atom is -0.504 e. The summed E-state index contributed by atoms with van der Waals surface area (Å²) in [6, 6.07) is 5.35. The molecular weight excluding hydrogens is 256 g/mol. The number of carboxylic acid groups (broad SMARTS) is 1. The number of rotatable bonds is 9. The lowest BCUT2D eigenvalue weighted by atomic mass is 10.1. The zero-order valence-corrected chi connectivity index (χ0v) is 11.5. The summed E-state index contributed by atoms with van der Waals surface area (Å²) in [5.41, 5.74) is 0.984. The van der Waals surface area contributed by atoms with Gasteiger partial charge in [-0.15, -0.1) is 6.58 Å². The fourth-order valence-corrected chi connectivity index (χ4v) is 1.73. The number of para-hydroxylation sites is 1. The van der Waals surface area contributed by atoms with E-state index in [4.69, 9.17) is 9.84 Å². The van der Waals surface area contributed by atoms with Gasteiger partial charge in [0.15, 0.2) is 11.5 Å². The van der Waals surface area contributed by atoms with Gasteiger partial charge in [0.1, 0.15) is 0 Å². The lowest BCUT2D eigenvalue weighted by molar-refractivity contribution is -0.132. The van der Waals surface area contributed by atoms with Crippen LogP contribution in [-0.2, 0) is 11.2 Å². The standard InChI is InChI=1S/C16H20O4/c1-3-7-13-9-6-10-14(15(13)17)20-11-5-4-8-12(2)16(18)19/h3,6,9-10,17H,1-2,4-5,7-8,11H2,(H,18,19). The van der Waals surface area contributed by atoms with Crippen molar-refractivity contribution in [2.24, 2.45) is 0 Å². The van der Waals surface area contributed by atoms with E-state index in [0.717, 1.165) is 5.56 Å². The van der Waals surface area contributed by atoms with Crippen LogP contribution in [0.1, 0.15) is 24.8 Å². The topological polar surface area (TPSA) is 66.8 Å². The highest BCUT2D eigenvalue weighted by atomic mass is 16.5. The number of ether oxygens (including phenoxy) is 1. The summed E-state index contributed by atoms with van der Waals surface area (Å²) in [5.74, 6) is -0.371. The third-order valence-electron chi connectivity index (χ3n) is 2.88. The molecule has 0 saturated carbocycles. The van der Waals surface area contributed by atoms with E-state index in [1.807, 2.05) is 12.1 Å². The Morgan fingerprint density at radius 3 is 2.75 bits per heavy atom. The Labute approximate surface area is 119 Å². The van der Waals surface area contributed by atoms with Crippen LogP contribution in [0.15, 0.2) is 43.0 Å². The molecule has 1 aromatic carbocycles. The van der Waals surface area contributed by atoms with Crippen molar-refractivity contribution in [1.82, 2.24) is 0 Å². The normalized spacial score (nSPS) is 10.0. The molecule has 0 atom stereocenters. The van der Waals surface area contributed by atoms with Gasteiger partial charge in [-0.2, -0.15) is 0 Å². The Kier molecular flexibility index (Phi) is 6.37. The van der Waals surface area contributed by atoms with Crippen LogP contribution in [0.3, 0.4) is 0 Å². The molecule has 1 rings (SSSR count). The van der Waals surface area contributed by atoms with Crippen LogP contribution in [0.5, 0.6) is 11.5 Å². The smallest absolute Gasteiger partial charge is 0.330 e. The fraction of sp³-hybridized carbons (Fsp3) is 0.312. The minimum absolute atomic E-state index is 0.141. The summed E-state index contributed by atoms with van der Waals surface area (Å²) >= 11 is 0. The molecule has 1 aromatic rings. The van der Waals surface area contributed by atoms with Crippen LogP contribution >= 0.6 is 0 Å². The number of hydrogen-bond acceptors (Lipinski definition) is 3. The van der Waals surface area contributed by atoms with Crippen molar-refractivity contribution in [1.29, 1.82) is 0 Å². The molecule has 0 aliphatic rings. The molecule has 0 heterocycles. The van der Waals surface area contributed by atoms with Gasteiger partial charge < -0.3 is 14.9 Å². The minimum atomic E-state index is -0.958. The highest BCUT2D eigenvalue weighted by Crippen LogP contribution is 2.30. The second kappa shape index (κ2) is 8.04. The highest BCUT2D eigenvalue weighted by Gasteiger charge is 2.07. The van der Waals surface area contributed by atoms with Crippen molar-refractivity contribution < 1.29 is 19.7 Å². The monoisotopic (exact) mass is 276 g/mol. The van der Waals surface area contributed by atoms with Gasteiger partial charge in [0.25, 0.3) is 0 Å². The summed E-state index contributed by atoms with van der Waals surface area (Å²) in [5, 5.41) is 18.6. The van der Waals surface area contributed by atoms with Crippen molar-refractivity contribution in [3.05, 3.63) is 48.6 Å². The molecule has 0 aliphatic heterocycles. The Hall–Kier alpha value is -2.23. The van der Waals surface area contributed by atoms with E-state index in [2.05, 4.69) is 13.2 Å². The van der Waals surface area contributed by atoms with E-state index >= 15 is 0 Å². The number of carbonyl (C=O) groups is 1. The Morgan fingerprint density at radius 1 is 1.35 bits per heavy atom. The molecule has 4 heteroatoms. The summed E-state index contributed by atoms with van der Waals surface area (Å²) < 4.78 is 5.50. The summed E-state index contributed by atoms with van der Waals surface area (Å²) in [4.78, 5) is 10.6. The van der Waals surface area contributed by atoms with Crippen molar-refractivity contribution >= 4 is 5.97 Å². The molecule has 0 amide bonds. The number of carboxylic acids is 1. The first-order valence-corrected chi connectivity index (χ1v) is 6.52. The average Bonchev–Trinajstić information content (AvgIpc) is 2.42. The molecule has 20 heavy (non-hydrogen) atoms. The maximum Gasteiger partial charge on any atom is 0.330 e. The second-order valence-corrected chi connectivity index (χ2v) is 4.47. The zero-order chi connectivity index (χ0) is 15.0. The van der Waals surface area contributed by atoms with Gasteiger partial charge in [-0.05, 0) is 31.7 Å². The van der Waals surface area contributed by atoms with Gasteiger partial charge in [-0.3, -0.25) is 0 Å². The van der Waals surface area contributed by atoms with Crippen LogP contribution < -0.4 is 4.74 Å². The van der Waals surface area contributed by atoms with Crippen LogP contribution in [-0.4, -0.2) is 22.8 Å². The van der Waals surface area contributed by atoms with Crippen LogP contribution in [0, 0.1) is 0 Å². The number of aliphatic carboxylic acids is 1. The first-order valence-electron chi connectivity index (χ1n) is 6.52. The largest absolute Gasteiger partial charge is 0.504 e. The molecule has 0 aromatic heterocycles. The van der Waals surface area contributed by atoms with E-state index < -0.39 is 5.97 Å². The molecule has 4 nitrogen and oxygen atoms in total. The van der Waals surface area contributed by atoms with Crippen LogP contribution in [0.2, 0.25) is 0 Å². The van der Waals surface area contributed by atoms with Crippen molar-refractivity contribution in [3.8, 4) is 11.5 Å². The molecule has 0 radical (unpaired) electrons. The van der Waals surface area contributed by atoms with Crippen molar-refractivity contribution in [2.75, 3.05) is 6.61 Å². The van der Waals surface area contributed by atoms with E-state index in [1.165, 1.54) is 0 Å². The maximum atomic E-state index is 10.6. The van der Waals surface area contributed by atoms with Crippen molar-refractivity contribution in [2.45, 2.75) is 25.7 Å². The molecule has 0 fully saturated rings. The average molecular weight is 276 g/mol. The fourth-order valence-electron chi connectivity index (χ4n) is 1.73. The van der Waals surface area contributed by atoms with Gasteiger partial charge in [0.05, 0.1) is 6.61 Å².